The molecule has 1 nitrogen and oxygen atoms in total. The second kappa shape index (κ2) is 3.97. The van der Waals surface area contributed by atoms with Crippen LogP contribution in [0.2, 0.25) is 0 Å². The fourth-order valence-electron chi connectivity index (χ4n) is 2.00. The van der Waals surface area contributed by atoms with Crippen LogP contribution in [0.4, 0.5) is 11.4 Å². The molecule has 0 unspecified atom stereocenters. The Bertz CT molecular complexity index is 602. The van der Waals surface area contributed by atoms with Gasteiger partial charge in [-0.15, -0.1) is 0 Å². The Kier molecular flexibility index (Phi) is 2.45. The molecule has 0 saturated heterocycles. The molecule has 0 aliphatic carbocycles. The molecule has 0 amide bonds. The van der Waals surface area contributed by atoms with E-state index >= 15 is 0 Å². The second-order valence-electron chi connectivity index (χ2n) is 4.13. The molecule has 0 fully saturated rings. The lowest BCUT2D eigenvalue weighted by molar-refractivity contribution is 1.27. The summed E-state index contributed by atoms with van der Waals surface area (Å²) in [7, 11) is 0. The molecule has 2 aromatic rings. The minimum absolute atomic E-state index is 1.15. The van der Waals surface area contributed by atoms with E-state index in [-0.39, 0.29) is 0 Å². The lowest BCUT2D eigenvalue weighted by atomic mass is 10.1. The van der Waals surface area contributed by atoms with Crippen molar-refractivity contribution in [2.45, 2.75) is 16.7 Å². The van der Waals surface area contributed by atoms with Gasteiger partial charge in [0, 0.05) is 9.79 Å². The van der Waals surface area contributed by atoms with Crippen molar-refractivity contribution in [3.63, 3.8) is 0 Å². The van der Waals surface area contributed by atoms with E-state index in [0.29, 0.717) is 0 Å². The maximum Gasteiger partial charge on any atom is 0.0556 e. The quantitative estimate of drug-likeness (QED) is 0.651. The lowest BCUT2D eigenvalue weighted by Crippen LogP contribution is -2.01. The van der Waals surface area contributed by atoms with Crippen molar-refractivity contribution in [2.75, 3.05) is 5.32 Å². The molecule has 0 atom stereocenters. The summed E-state index contributed by atoms with van der Waals surface area (Å²) in [6.45, 7) is 5.94. The summed E-state index contributed by atoms with van der Waals surface area (Å²) in [4.78, 5) is 2.57. The number of rotatable bonds is 1. The van der Waals surface area contributed by atoms with Crippen LogP contribution in [0.1, 0.15) is 11.1 Å². The van der Waals surface area contributed by atoms with Gasteiger partial charge in [0.25, 0.3) is 0 Å². The highest BCUT2D eigenvalue weighted by molar-refractivity contribution is 7.99. The first-order valence-corrected chi connectivity index (χ1v) is 6.40. The molecule has 2 aromatic carbocycles. The van der Waals surface area contributed by atoms with Crippen molar-refractivity contribution in [3.05, 3.63) is 54.1 Å². The number of para-hydroxylation sites is 1. The Hall–Kier alpha value is -1.67. The molecule has 1 aliphatic heterocycles. The predicted octanol–water partition coefficient (Wildman–Crippen LogP) is 4.85. The number of hydrogen-bond donors (Lipinski definition) is 1. The first kappa shape index (κ1) is 10.5. The number of hydrogen-bond acceptors (Lipinski definition) is 2. The van der Waals surface area contributed by atoms with Gasteiger partial charge in [-0.1, -0.05) is 42.6 Å². The third-order valence-corrected chi connectivity index (χ3v) is 4.09. The molecule has 1 aliphatic rings. The van der Waals surface area contributed by atoms with Crippen LogP contribution in [0.25, 0.3) is 6.08 Å². The summed E-state index contributed by atoms with van der Waals surface area (Å²) >= 11 is 1.82. The highest BCUT2D eigenvalue weighted by Gasteiger charge is 2.16. The van der Waals surface area contributed by atoms with Crippen LogP contribution in [0.3, 0.4) is 0 Å². The maximum atomic E-state index is 3.81. The van der Waals surface area contributed by atoms with Gasteiger partial charge in [-0.05, 0) is 36.2 Å². The summed E-state index contributed by atoms with van der Waals surface area (Å²) < 4.78 is 0. The molecule has 0 spiro atoms. The number of nitrogens with one attached hydrogen (secondary N) is 1. The fourth-order valence-corrected chi connectivity index (χ4v) is 3.05. The molecule has 0 bridgehead atoms. The fraction of sp³-hybridized carbons (Fsp3) is 0.0667. The molecular weight excluding hydrogens is 226 g/mol. The minimum Gasteiger partial charge on any atom is -0.353 e. The molecule has 0 aromatic heterocycles. The van der Waals surface area contributed by atoms with E-state index in [9.17, 15) is 0 Å². The highest BCUT2D eigenvalue weighted by Crippen LogP contribution is 2.45. The Morgan fingerprint density at radius 2 is 2.06 bits per heavy atom. The number of aryl methyl sites for hydroxylation is 1. The lowest BCUT2D eigenvalue weighted by Gasteiger charge is -2.22. The first-order valence-electron chi connectivity index (χ1n) is 5.59. The zero-order valence-corrected chi connectivity index (χ0v) is 10.5. The van der Waals surface area contributed by atoms with E-state index in [4.69, 9.17) is 0 Å². The third-order valence-electron chi connectivity index (χ3n) is 2.95. The standard InChI is InChI=1S/C15H13NS/c1-3-11-7-8-13-12(9-11)16-15-10(2)5-4-6-14(15)17-13/h3-9,16H,1H2,2H3. The van der Waals surface area contributed by atoms with Crippen LogP contribution in [-0.2, 0) is 0 Å². The van der Waals surface area contributed by atoms with Crippen molar-refractivity contribution < 1.29 is 0 Å². The molecule has 84 valence electrons. The van der Waals surface area contributed by atoms with E-state index < -0.39 is 0 Å². The van der Waals surface area contributed by atoms with E-state index in [1.54, 1.807) is 0 Å². The maximum absolute atomic E-state index is 3.81. The Labute approximate surface area is 106 Å². The van der Waals surface area contributed by atoms with Crippen LogP contribution in [-0.4, -0.2) is 0 Å². The van der Waals surface area contributed by atoms with E-state index in [1.807, 2.05) is 17.8 Å². The predicted molar refractivity (Wildman–Crippen MR) is 75.1 cm³/mol. The Morgan fingerprint density at radius 3 is 2.88 bits per heavy atom. The molecule has 1 N–H and O–H groups in total. The smallest absolute Gasteiger partial charge is 0.0556 e. The monoisotopic (exact) mass is 239 g/mol. The average Bonchev–Trinajstić information content (AvgIpc) is 2.37. The second-order valence-corrected chi connectivity index (χ2v) is 5.22. The van der Waals surface area contributed by atoms with Crippen molar-refractivity contribution in [3.8, 4) is 0 Å². The van der Waals surface area contributed by atoms with Crippen molar-refractivity contribution in [2.24, 2.45) is 0 Å². The molecule has 0 saturated carbocycles. The van der Waals surface area contributed by atoms with Gasteiger partial charge in [0.05, 0.1) is 11.4 Å². The van der Waals surface area contributed by atoms with E-state index in [1.165, 1.54) is 26.7 Å². The first-order chi connectivity index (χ1) is 8.28. The van der Waals surface area contributed by atoms with Gasteiger partial charge >= 0.3 is 0 Å². The summed E-state index contributed by atoms with van der Waals surface area (Å²) in [5, 5.41) is 3.51. The Balaban J connectivity index is 2.11. The van der Waals surface area contributed by atoms with E-state index in [0.717, 1.165) is 5.56 Å². The minimum atomic E-state index is 1.15. The molecule has 1 heterocycles. The number of fused-ring (bicyclic) bond motifs is 2. The van der Waals surface area contributed by atoms with Gasteiger partial charge in [-0.25, -0.2) is 0 Å². The van der Waals surface area contributed by atoms with Crippen molar-refractivity contribution >= 4 is 29.2 Å². The van der Waals surface area contributed by atoms with Crippen LogP contribution < -0.4 is 5.32 Å². The largest absolute Gasteiger partial charge is 0.353 e. The summed E-state index contributed by atoms with van der Waals surface area (Å²) in [6.07, 6.45) is 1.87. The van der Waals surface area contributed by atoms with Crippen LogP contribution >= 0.6 is 11.8 Å². The molecule has 0 radical (unpaired) electrons. The van der Waals surface area contributed by atoms with Gasteiger partial charge in [-0.3, -0.25) is 0 Å². The zero-order valence-electron chi connectivity index (χ0n) is 9.66. The normalized spacial score (nSPS) is 12.3. The van der Waals surface area contributed by atoms with Gasteiger partial charge < -0.3 is 5.32 Å². The number of anilines is 2. The van der Waals surface area contributed by atoms with E-state index in [2.05, 4.69) is 55.2 Å². The third kappa shape index (κ3) is 1.75. The number of benzene rings is 2. The molecule has 2 heteroatoms. The topological polar surface area (TPSA) is 12.0 Å². The van der Waals surface area contributed by atoms with Crippen LogP contribution in [0, 0.1) is 6.92 Å². The molecule has 3 rings (SSSR count). The highest BCUT2D eigenvalue weighted by atomic mass is 32.2. The Morgan fingerprint density at radius 1 is 1.18 bits per heavy atom. The zero-order chi connectivity index (χ0) is 11.8. The van der Waals surface area contributed by atoms with Crippen molar-refractivity contribution in [1.82, 2.24) is 0 Å². The van der Waals surface area contributed by atoms with Gasteiger partial charge in [0.15, 0.2) is 0 Å². The summed E-state index contributed by atoms with van der Waals surface area (Å²) in [6, 6.07) is 12.8. The van der Waals surface area contributed by atoms with Gasteiger partial charge in [-0.2, -0.15) is 0 Å². The summed E-state index contributed by atoms with van der Waals surface area (Å²) in [5.74, 6) is 0. The van der Waals surface area contributed by atoms with Crippen molar-refractivity contribution in [1.29, 1.82) is 0 Å². The average molecular weight is 239 g/mol. The SMILES string of the molecule is C=Cc1ccc2c(c1)Nc1c(C)cccc1S2. The molecular formula is C15H13NS. The van der Waals surface area contributed by atoms with Gasteiger partial charge in [0.1, 0.15) is 0 Å². The van der Waals surface area contributed by atoms with Crippen LogP contribution in [0.15, 0.2) is 52.8 Å². The summed E-state index contributed by atoms with van der Waals surface area (Å²) in [5.41, 5.74) is 4.83. The van der Waals surface area contributed by atoms with Crippen LogP contribution in [0.5, 0.6) is 0 Å². The van der Waals surface area contributed by atoms with Gasteiger partial charge in [0.2, 0.25) is 0 Å². The molecule has 17 heavy (non-hydrogen) atoms.